The number of nitrogens with two attached hydrogens (primary N) is 1. The lowest BCUT2D eigenvalue weighted by Gasteiger charge is -2.30. The maximum absolute atomic E-state index is 12.6. The number of hydrogen-bond donors (Lipinski definition) is 1. The molecule has 2 heterocycles. The van der Waals surface area contributed by atoms with E-state index < -0.39 is 10.0 Å². The topological polar surface area (TPSA) is 83.7 Å². The Morgan fingerprint density at radius 2 is 1.74 bits per heavy atom. The van der Waals surface area contributed by atoms with Crippen molar-refractivity contribution in [2.24, 2.45) is 5.14 Å². The van der Waals surface area contributed by atoms with Crippen LogP contribution in [0.4, 0.5) is 4.79 Å². The zero-order valence-corrected chi connectivity index (χ0v) is 13.8. The molecule has 6 nitrogen and oxygen atoms in total. The summed E-state index contributed by atoms with van der Waals surface area (Å²) in [6, 6.07) is 5.06. The molecular formula is C16H21N3O3S. The van der Waals surface area contributed by atoms with Crippen LogP contribution >= 0.6 is 0 Å². The average Bonchev–Trinajstić information content (AvgIpc) is 2.76. The molecule has 0 bridgehead atoms. The van der Waals surface area contributed by atoms with E-state index in [2.05, 4.69) is 6.08 Å². The van der Waals surface area contributed by atoms with Gasteiger partial charge in [0, 0.05) is 26.2 Å². The van der Waals surface area contributed by atoms with E-state index in [4.69, 9.17) is 5.14 Å². The zero-order chi connectivity index (χ0) is 16.4. The van der Waals surface area contributed by atoms with Gasteiger partial charge >= 0.3 is 6.03 Å². The Morgan fingerprint density at radius 1 is 1.00 bits per heavy atom. The summed E-state index contributed by atoms with van der Waals surface area (Å²) >= 11 is 0. The molecule has 0 aliphatic carbocycles. The number of sulfonamides is 1. The van der Waals surface area contributed by atoms with Crippen molar-refractivity contribution < 1.29 is 13.2 Å². The average molecular weight is 335 g/mol. The number of hydrogen-bond acceptors (Lipinski definition) is 3. The molecule has 0 saturated carbocycles. The molecule has 1 aromatic rings. The van der Waals surface area contributed by atoms with Gasteiger partial charge < -0.3 is 9.80 Å². The molecule has 7 heteroatoms. The van der Waals surface area contributed by atoms with E-state index >= 15 is 0 Å². The van der Waals surface area contributed by atoms with E-state index in [-0.39, 0.29) is 10.9 Å². The molecule has 2 aliphatic heterocycles. The van der Waals surface area contributed by atoms with Crippen LogP contribution in [-0.2, 0) is 22.9 Å². The molecule has 1 aromatic carbocycles. The van der Waals surface area contributed by atoms with E-state index in [1.165, 1.54) is 0 Å². The lowest BCUT2D eigenvalue weighted by atomic mass is 10.0. The fourth-order valence-corrected chi connectivity index (χ4v) is 3.65. The van der Waals surface area contributed by atoms with Crippen LogP contribution in [0.5, 0.6) is 0 Å². The van der Waals surface area contributed by atoms with Gasteiger partial charge in [-0.25, -0.2) is 18.4 Å². The van der Waals surface area contributed by atoms with E-state index in [1.807, 2.05) is 21.9 Å². The third-order valence-electron chi connectivity index (χ3n) is 4.41. The molecule has 0 aromatic heterocycles. The molecule has 0 saturated heterocycles. The summed E-state index contributed by atoms with van der Waals surface area (Å²) in [5, 5.41) is 5.20. The van der Waals surface area contributed by atoms with Gasteiger partial charge in [0.25, 0.3) is 0 Å². The van der Waals surface area contributed by atoms with Crippen molar-refractivity contribution in [3.63, 3.8) is 0 Å². The van der Waals surface area contributed by atoms with Gasteiger partial charge in [0.1, 0.15) is 0 Å². The van der Waals surface area contributed by atoms with Crippen molar-refractivity contribution in [3.8, 4) is 0 Å². The largest absolute Gasteiger partial charge is 0.324 e. The number of fused-ring (bicyclic) bond motifs is 1. The second-order valence-corrected chi connectivity index (χ2v) is 7.51. The molecule has 23 heavy (non-hydrogen) atoms. The van der Waals surface area contributed by atoms with E-state index in [0.29, 0.717) is 26.1 Å². The highest BCUT2D eigenvalue weighted by molar-refractivity contribution is 7.89. The summed E-state index contributed by atoms with van der Waals surface area (Å²) in [7, 11) is -3.69. The molecule has 0 spiro atoms. The molecule has 2 aliphatic rings. The number of rotatable bonds is 1. The predicted molar refractivity (Wildman–Crippen MR) is 87.5 cm³/mol. The minimum atomic E-state index is -3.69. The molecule has 0 unspecified atom stereocenters. The number of carbonyl (C=O) groups excluding carboxylic acids is 1. The van der Waals surface area contributed by atoms with Crippen molar-refractivity contribution in [2.75, 3.05) is 26.2 Å². The molecule has 0 atom stereocenters. The summed E-state index contributed by atoms with van der Waals surface area (Å²) in [5.41, 5.74) is 2.05. The Labute approximate surface area is 136 Å². The van der Waals surface area contributed by atoms with Gasteiger partial charge in [0.2, 0.25) is 10.0 Å². The van der Waals surface area contributed by atoms with Gasteiger partial charge in [-0.2, -0.15) is 0 Å². The normalized spacial score (nSPS) is 18.5. The number of carbonyl (C=O) groups is 1. The van der Waals surface area contributed by atoms with Gasteiger partial charge in [0.15, 0.2) is 0 Å². The maximum Gasteiger partial charge on any atom is 0.320 e. The van der Waals surface area contributed by atoms with Gasteiger partial charge in [-0.3, -0.25) is 0 Å². The van der Waals surface area contributed by atoms with Crippen LogP contribution in [0.3, 0.4) is 0 Å². The summed E-state index contributed by atoms with van der Waals surface area (Å²) < 4.78 is 23.0. The lowest BCUT2D eigenvalue weighted by molar-refractivity contribution is 0.159. The quantitative estimate of drug-likeness (QED) is 0.781. The molecule has 0 fully saturated rings. The minimum absolute atomic E-state index is 0.0637. The maximum atomic E-state index is 12.6. The number of urea groups is 1. The Bertz CT molecular complexity index is 743. The molecule has 124 valence electrons. The first kappa shape index (κ1) is 16.0. The zero-order valence-electron chi connectivity index (χ0n) is 12.9. The standard InChI is InChI=1S/C16H21N3O3S/c17-23(21,22)15-5-4-13-6-10-19(11-7-14(13)12-15)16(20)18-8-2-1-3-9-18/h1-2,4-5,12H,3,6-11H2,(H2,17,21,22). The molecule has 0 radical (unpaired) electrons. The molecule has 2 N–H and O–H groups in total. The van der Waals surface area contributed by atoms with Crippen LogP contribution in [0.2, 0.25) is 0 Å². The van der Waals surface area contributed by atoms with Gasteiger partial charge in [0.05, 0.1) is 4.90 Å². The second kappa shape index (κ2) is 6.33. The first-order valence-corrected chi connectivity index (χ1v) is 9.33. The fourth-order valence-electron chi connectivity index (χ4n) is 3.08. The monoisotopic (exact) mass is 335 g/mol. The Hall–Kier alpha value is -1.86. The lowest BCUT2D eigenvalue weighted by Crippen LogP contribution is -2.45. The first-order chi connectivity index (χ1) is 10.9. The number of amides is 2. The number of nitrogens with zero attached hydrogens (tertiary/aromatic N) is 2. The first-order valence-electron chi connectivity index (χ1n) is 7.78. The van der Waals surface area contributed by atoms with E-state index in [9.17, 15) is 13.2 Å². The SMILES string of the molecule is NS(=O)(=O)c1ccc2c(c1)CCN(C(=O)N1CC=CCC1)CC2. The van der Waals surface area contributed by atoms with Crippen LogP contribution in [-0.4, -0.2) is 50.4 Å². The molecule has 3 rings (SSSR count). The van der Waals surface area contributed by atoms with Crippen molar-refractivity contribution in [1.29, 1.82) is 0 Å². The molecule has 2 amide bonds. The van der Waals surface area contributed by atoms with Crippen molar-refractivity contribution >= 4 is 16.1 Å². The Balaban J connectivity index is 1.74. The smallest absolute Gasteiger partial charge is 0.320 e. The van der Waals surface area contributed by atoms with Crippen LogP contribution in [0.25, 0.3) is 0 Å². The highest BCUT2D eigenvalue weighted by Gasteiger charge is 2.24. The minimum Gasteiger partial charge on any atom is -0.324 e. The fraction of sp³-hybridized carbons (Fsp3) is 0.438. The van der Waals surface area contributed by atoms with E-state index in [1.54, 1.807) is 12.1 Å². The van der Waals surface area contributed by atoms with Crippen LogP contribution in [0.15, 0.2) is 35.2 Å². The highest BCUT2D eigenvalue weighted by Crippen LogP contribution is 2.20. The summed E-state index contributed by atoms with van der Waals surface area (Å²) in [6.45, 7) is 2.67. The van der Waals surface area contributed by atoms with Crippen molar-refractivity contribution in [2.45, 2.75) is 24.2 Å². The molecular weight excluding hydrogens is 314 g/mol. The second-order valence-electron chi connectivity index (χ2n) is 5.95. The van der Waals surface area contributed by atoms with Crippen LogP contribution in [0.1, 0.15) is 17.5 Å². The summed E-state index contributed by atoms with van der Waals surface area (Å²) in [4.78, 5) is 16.4. The Kier molecular flexibility index (Phi) is 4.41. The summed E-state index contributed by atoms with van der Waals surface area (Å²) in [6.07, 6.45) is 6.39. The van der Waals surface area contributed by atoms with Crippen molar-refractivity contribution in [1.82, 2.24) is 9.80 Å². The van der Waals surface area contributed by atoms with Crippen LogP contribution in [0, 0.1) is 0 Å². The predicted octanol–water partition coefficient (Wildman–Crippen LogP) is 1.12. The van der Waals surface area contributed by atoms with Gasteiger partial charge in [-0.15, -0.1) is 0 Å². The van der Waals surface area contributed by atoms with Gasteiger partial charge in [-0.05, 0) is 42.5 Å². The van der Waals surface area contributed by atoms with Crippen molar-refractivity contribution in [3.05, 3.63) is 41.5 Å². The van der Waals surface area contributed by atoms with E-state index in [0.717, 1.165) is 30.5 Å². The third-order valence-corrected chi connectivity index (χ3v) is 5.32. The third kappa shape index (κ3) is 3.56. The number of benzene rings is 1. The van der Waals surface area contributed by atoms with Gasteiger partial charge in [-0.1, -0.05) is 18.2 Å². The Morgan fingerprint density at radius 3 is 2.39 bits per heavy atom. The number of primary sulfonamides is 1. The van der Waals surface area contributed by atoms with Crippen LogP contribution < -0.4 is 5.14 Å². The highest BCUT2D eigenvalue weighted by atomic mass is 32.2. The summed E-state index contributed by atoms with van der Waals surface area (Å²) in [5.74, 6) is 0.